The van der Waals surface area contributed by atoms with Crippen LogP contribution in [-0.2, 0) is 4.74 Å². The van der Waals surface area contributed by atoms with Crippen LogP contribution in [0.4, 0.5) is 17.1 Å². The minimum absolute atomic E-state index is 0.0150. The number of ketones is 1. The van der Waals surface area contributed by atoms with Gasteiger partial charge in [-0.2, -0.15) is 0 Å². The molecule has 1 aliphatic carbocycles. The fourth-order valence-corrected chi connectivity index (χ4v) is 5.29. The van der Waals surface area contributed by atoms with E-state index in [9.17, 15) is 4.79 Å². The van der Waals surface area contributed by atoms with E-state index in [-0.39, 0.29) is 5.78 Å². The third kappa shape index (κ3) is 3.56. The Labute approximate surface area is 209 Å². The fraction of sp³-hybridized carbons (Fsp3) is 0.286. The standard InChI is InChI=1S/C28H28N4O4/c1-34-16-11-29-20-17-22(32-14-12-31(13-15-32)21-9-5-6-10-23(21)35-2)26-25-24(20)27(33)18-7-3-4-8-19(18)28(25)36-30-26/h3-10,17,29H,11-16H2,1-2H3. The summed E-state index contributed by atoms with van der Waals surface area (Å²) in [6, 6.07) is 17.7. The molecule has 0 unspecified atom stereocenters. The van der Waals surface area contributed by atoms with Gasteiger partial charge in [-0.3, -0.25) is 4.79 Å². The molecule has 0 amide bonds. The van der Waals surface area contributed by atoms with Crippen molar-refractivity contribution in [3.8, 4) is 17.1 Å². The van der Waals surface area contributed by atoms with Gasteiger partial charge in [0.25, 0.3) is 0 Å². The highest BCUT2D eigenvalue weighted by molar-refractivity contribution is 6.28. The number of carbonyl (C=O) groups excluding carboxylic acids is 1. The number of hydrogen-bond donors (Lipinski definition) is 1. The number of para-hydroxylation sites is 2. The van der Waals surface area contributed by atoms with Crippen molar-refractivity contribution in [3.63, 3.8) is 0 Å². The lowest BCUT2D eigenvalue weighted by atomic mass is 9.86. The number of anilines is 3. The van der Waals surface area contributed by atoms with Gasteiger partial charge in [0.2, 0.25) is 0 Å². The average molecular weight is 485 g/mol. The SMILES string of the molecule is COCCNc1cc(N2CCN(c3ccccc3OC)CC2)c2noc3c2c1C(=O)c1ccccc1-3. The molecule has 2 heterocycles. The number of aromatic nitrogens is 1. The Kier molecular flexibility index (Phi) is 5.73. The van der Waals surface area contributed by atoms with Crippen LogP contribution in [-0.4, -0.2) is 64.5 Å². The molecule has 1 fully saturated rings. The van der Waals surface area contributed by atoms with Crippen LogP contribution in [0.3, 0.4) is 0 Å². The summed E-state index contributed by atoms with van der Waals surface area (Å²) in [6.07, 6.45) is 0. The molecule has 2 aliphatic rings. The molecule has 0 atom stereocenters. The monoisotopic (exact) mass is 484 g/mol. The molecule has 0 bridgehead atoms. The molecule has 8 heteroatoms. The number of nitrogens with one attached hydrogen (secondary N) is 1. The Bertz CT molecular complexity index is 1440. The Morgan fingerprint density at radius 2 is 1.64 bits per heavy atom. The molecule has 184 valence electrons. The van der Waals surface area contributed by atoms with Crippen molar-refractivity contribution < 1.29 is 18.8 Å². The summed E-state index contributed by atoms with van der Waals surface area (Å²) in [4.78, 5) is 18.3. The highest BCUT2D eigenvalue weighted by atomic mass is 16.5. The molecule has 0 spiro atoms. The van der Waals surface area contributed by atoms with Crippen LogP contribution in [0.5, 0.6) is 5.75 Å². The largest absolute Gasteiger partial charge is 0.495 e. The average Bonchev–Trinajstić information content (AvgIpc) is 3.37. The van der Waals surface area contributed by atoms with Crippen LogP contribution in [0.15, 0.2) is 59.1 Å². The third-order valence-electron chi connectivity index (χ3n) is 7.05. The molecule has 1 aromatic heterocycles. The number of nitrogens with zero attached hydrogens (tertiary/aromatic N) is 3. The number of methoxy groups -OCH3 is 2. The first kappa shape index (κ1) is 22.4. The lowest BCUT2D eigenvalue weighted by molar-refractivity contribution is 0.104. The maximum atomic E-state index is 13.6. The van der Waals surface area contributed by atoms with Crippen molar-refractivity contribution in [2.45, 2.75) is 0 Å². The Morgan fingerprint density at radius 3 is 2.39 bits per heavy atom. The second-order valence-corrected chi connectivity index (χ2v) is 8.99. The molecular weight excluding hydrogens is 456 g/mol. The fourth-order valence-electron chi connectivity index (χ4n) is 5.29. The molecule has 3 aromatic carbocycles. The van der Waals surface area contributed by atoms with Gasteiger partial charge in [-0.25, -0.2) is 0 Å². The summed E-state index contributed by atoms with van der Waals surface area (Å²) in [7, 11) is 3.37. The van der Waals surface area contributed by atoms with E-state index in [0.29, 0.717) is 30.0 Å². The summed E-state index contributed by atoms with van der Waals surface area (Å²) < 4.78 is 16.7. The molecule has 4 aromatic rings. The first-order valence-electron chi connectivity index (χ1n) is 12.2. The van der Waals surface area contributed by atoms with Gasteiger partial charge in [-0.1, -0.05) is 41.6 Å². The molecular formula is C28H28N4O4. The topological polar surface area (TPSA) is 80.1 Å². The lowest BCUT2D eigenvalue weighted by Crippen LogP contribution is -2.46. The van der Waals surface area contributed by atoms with E-state index in [0.717, 1.165) is 65.5 Å². The molecule has 1 aliphatic heterocycles. The Morgan fingerprint density at radius 1 is 0.944 bits per heavy atom. The van der Waals surface area contributed by atoms with Crippen molar-refractivity contribution >= 4 is 33.7 Å². The third-order valence-corrected chi connectivity index (χ3v) is 7.05. The predicted molar refractivity (Wildman–Crippen MR) is 141 cm³/mol. The normalized spacial score (nSPS) is 14.8. The summed E-state index contributed by atoms with van der Waals surface area (Å²) in [5.74, 6) is 1.51. The van der Waals surface area contributed by atoms with E-state index in [1.165, 1.54) is 0 Å². The van der Waals surface area contributed by atoms with E-state index in [2.05, 4.69) is 26.3 Å². The van der Waals surface area contributed by atoms with Crippen molar-refractivity contribution in [1.29, 1.82) is 0 Å². The van der Waals surface area contributed by atoms with Gasteiger partial charge in [0.1, 0.15) is 11.3 Å². The highest BCUT2D eigenvalue weighted by Crippen LogP contribution is 2.46. The molecule has 36 heavy (non-hydrogen) atoms. The van der Waals surface area contributed by atoms with E-state index >= 15 is 0 Å². The Balaban J connectivity index is 1.40. The zero-order valence-corrected chi connectivity index (χ0v) is 20.4. The number of piperazine rings is 1. The summed E-state index contributed by atoms with van der Waals surface area (Å²) in [5, 5.41) is 8.70. The first-order valence-corrected chi connectivity index (χ1v) is 12.2. The zero-order chi connectivity index (χ0) is 24.6. The minimum atomic E-state index is -0.0150. The highest BCUT2D eigenvalue weighted by Gasteiger charge is 2.34. The van der Waals surface area contributed by atoms with Crippen LogP contribution < -0.4 is 19.9 Å². The number of carbonyl (C=O) groups is 1. The van der Waals surface area contributed by atoms with E-state index in [1.807, 2.05) is 48.5 Å². The number of ether oxygens (including phenoxy) is 2. The molecule has 0 radical (unpaired) electrons. The van der Waals surface area contributed by atoms with Crippen LogP contribution in [0.25, 0.3) is 22.2 Å². The molecule has 1 saturated heterocycles. The molecule has 8 nitrogen and oxygen atoms in total. The second kappa shape index (κ2) is 9.20. The lowest BCUT2D eigenvalue weighted by Gasteiger charge is -2.38. The quantitative estimate of drug-likeness (QED) is 0.340. The van der Waals surface area contributed by atoms with Gasteiger partial charge < -0.3 is 29.1 Å². The second-order valence-electron chi connectivity index (χ2n) is 8.99. The molecule has 6 rings (SSSR count). The smallest absolute Gasteiger partial charge is 0.196 e. The van der Waals surface area contributed by atoms with Gasteiger partial charge in [0.05, 0.1) is 36.0 Å². The van der Waals surface area contributed by atoms with Gasteiger partial charge in [-0.15, -0.1) is 0 Å². The maximum absolute atomic E-state index is 13.6. The number of hydrogen-bond acceptors (Lipinski definition) is 8. The molecule has 0 saturated carbocycles. The van der Waals surface area contributed by atoms with Gasteiger partial charge in [0.15, 0.2) is 11.5 Å². The maximum Gasteiger partial charge on any atom is 0.196 e. The zero-order valence-electron chi connectivity index (χ0n) is 20.4. The molecule has 1 N–H and O–H groups in total. The number of benzene rings is 3. The summed E-state index contributed by atoms with van der Waals surface area (Å²) in [5.41, 5.74) is 5.62. The van der Waals surface area contributed by atoms with Crippen molar-refractivity contribution in [3.05, 3.63) is 65.7 Å². The number of rotatable bonds is 7. The minimum Gasteiger partial charge on any atom is -0.495 e. The van der Waals surface area contributed by atoms with E-state index < -0.39 is 0 Å². The van der Waals surface area contributed by atoms with E-state index in [4.69, 9.17) is 14.0 Å². The van der Waals surface area contributed by atoms with E-state index in [1.54, 1.807) is 14.2 Å². The summed E-state index contributed by atoms with van der Waals surface area (Å²) in [6.45, 7) is 4.40. The summed E-state index contributed by atoms with van der Waals surface area (Å²) >= 11 is 0. The van der Waals surface area contributed by atoms with Crippen LogP contribution >= 0.6 is 0 Å². The number of fused-ring (bicyclic) bond motifs is 2. The van der Waals surface area contributed by atoms with Crippen molar-refractivity contribution in [2.75, 3.05) is 68.7 Å². The van der Waals surface area contributed by atoms with Gasteiger partial charge in [0, 0.05) is 56.6 Å². The van der Waals surface area contributed by atoms with Crippen LogP contribution in [0.2, 0.25) is 0 Å². The first-order chi connectivity index (χ1) is 17.7. The Hall–Kier alpha value is -4.04. The van der Waals surface area contributed by atoms with Crippen LogP contribution in [0.1, 0.15) is 15.9 Å². The predicted octanol–water partition coefficient (Wildman–Crippen LogP) is 4.43. The van der Waals surface area contributed by atoms with Crippen molar-refractivity contribution in [2.24, 2.45) is 0 Å². The van der Waals surface area contributed by atoms with Gasteiger partial charge >= 0.3 is 0 Å². The van der Waals surface area contributed by atoms with Crippen LogP contribution in [0, 0.1) is 0 Å². The van der Waals surface area contributed by atoms with Crippen molar-refractivity contribution in [1.82, 2.24) is 5.16 Å². The van der Waals surface area contributed by atoms with Gasteiger partial charge in [-0.05, 0) is 18.2 Å².